The minimum absolute atomic E-state index is 0. The van der Waals surface area contributed by atoms with Crippen molar-refractivity contribution in [2.75, 3.05) is 13.2 Å². The number of quaternary nitrogens is 2. The first-order chi connectivity index (χ1) is 20.1. The average molecular weight is 701 g/mol. The number of rotatable bonds is 22. The van der Waals surface area contributed by atoms with E-state index in [-0.39, 0.29) is 25.1 Å². The van der Waals surface area contributed by atoms with Gasteiger partial charge in [0.05, 0.1) is 6.61 Å². The van der Waals surface area contributed by atoms with Crippen molar-refractivity contribution >= 4 is 27.6 Å². The summed E-state index contributed by atoms with van der Waals surface area (Å²) in [4.78, 5) is 57.1. The summed E-state index contributed by atoms with van der Waals surface area (Å²) in [6.07, 6.45) is -6.45. The Labute approximate surface area is 263 Å². The lowest BCUT2D eigenvalue weighted by molar-refractivity contribution is -0.271. The molecule has 0 radical (unpaired) electrons. The Kier molecular flexibility index (Phi) is 23.8. The minimum Gasteiger partial charge on any atom is -0.756 e. The predicted molar refractivity (Wildman–Crippen MR) is 157 cm³/mol. The van der Waals surface area contributed by atoms with E-state index in [0.29, 0.717) is 12.8 Å². The maximum Gasteiger partial charge on any atom is 0.306 e. The highest BCUT2D eigenvalue weighted by Gasteiger charge is 2.52. The second-order valence-corrected chi connectivity index (χ2v) is 12.9. The number of carbonyl (C=O) groups is 2. The van der Waals surface area contributed by atoms with Gasteiger partial charge in [-0.3, -0.25) is 18.7 Å². The highest BCUT2D eigenvalue weighted by Crippen LogP contribution is 2.45. The molecule has 20 heteroatoms. The van der Waals surface area contributed by atoms with E-state index in [1.807, 2.05) is 6.92 Å². The molecule has 1 aliphatic carbocycles. The lowest BCUT2D eigenvalue weighted by Gasteiger charge is -2.45. The summed E-state index contributed by atoms with van der Waals surface area (Å²) in [5.74, 6) is -1.28. The van der Waals surface area contributed by atoms with Gasteiger partial charge < -0.3 is 70.5 Å². The second kappa shape index (κ2) is 23.3. The van der Waals surface area contributed by atoms with Gasteiger partial charge in [-0.05, 0) is 12.8 Å². The SMILES string of the molecule is CCCCCCCC(=O)OC[C@H](COP(=O)([O-])O[C@H]1[C@H](O)[C@@H](OP(=O)([O-])O)[C@H](O)[C@@H](O)[C@H]1O)OC(=O)CCCCCCC.[NH4+].[NH4+]. The fourth-order valence-corrected chi connectivity index (χ4v) is 5.82. The van der Waals surface area contributed by atoms with Crippen LogP contribution in [0.1, 0.15) is 90.9 Å². The normalized spacial score (nSPS) is 26.3. The summed E-state index contributed by atoms with van der Waals surface area (Å²) in [5, 5.41) is 40.4. The average Bonchev–Trinajstić information content (AvgIpc) is 2.93. The van der Waals surface area contributed by atoms with Crippen molar-refractivity contribution in [1.82, 2.24) is 12.3 Å². The van der Waals surface area contributed by atoms with Crippen molar-refractivity contribution in [3.8, 4) is 0 Å². The summed E-state index contributed by atoms with van der Waals surface area (Å²) in [5.41, 5.74) is 0. The Hall–Kier alpha value is -1.08. The molecule has 13 N–H and O–H groups in total. The van der Waals surface area contributed by atoms with Crippen LogP contribution < -0.4 is 22.1 Å². The van der Waals surface area contributed by atoms with E-state index in [1.54, 1.807) is 0 Å². The standard InChI is InChI=1S/C25H48O16P2.2H3N/c1-3-5-7-9-11-13-18(26)37-15-17(39-19(27)14-12-10-8-6-4-2)16-38-43(35,36)41-25-22(30)20(28)21(29)24(23(25)31)40-42(32,33)34;;/h17,20-25,28-31H,3-16H2,1-2H3,(H,35,36)(H2,32,33,34);2*1H3/t17-,20-,21-,22-,23-,24+,25-;;/m1../s1. The summed E-state index contributed by atoms with van der Waals surface area (Å²) < 4.78 is 47.6. The van der Waals surface area contributed by atoms with Gasteiger partial charge in [0, 0.05) is 12.8 Å². The quantitative estimate of drug-likeness (QED) is 0.0472. The van der Waals surface area contributed by atoms with Gasteiger partial charge >= 0.3 is 11.9 Å². The minimum atomic E-state index is -5.60. The monoisotopic (exact) mass is 700 g/mol. The van der Waals surface area contributed by atoms with Gasteiger partial charge in [0.25, 0.3) is 15.6 Å². The molecular weight excluding hydrogens is 646 g/mol. The number of hydrogen-bond donors (Lipinski definition) is 7. The van der Waals surface area contributed by atoms with Crippen LogP contribution in [0.25, 0.3) is 0 Å². The van der Waals surface area contributed by atoms with Crippen LogP contribution in [0.5, 0.6) is 0 Å². The van der Waals surface area contributed by atoms with Gasteiger partial charge in [-0.1, -0.05) is 65.2 Å². The summed E-state index contributed by atoms with van der Waals surface area (Å²) in [6.45, 7) is 2.65. The Morgan fingerprint density at radius 3 is 1.64 bits per heavy atom. The molecule has 0 heterocycles. The molecule has 1 fully saturated rings. The number of unbranched alkanes of at least 4 members (excludes halogenated alkanes) is 8. The molecule has 0 aromatic heterocycles. The number of phosphoric ester groups is 2. The van der Waals surface area contributed by atoms with Crippen LogP contribution in [-0.2, 0) is 41.8 Å². The molecule has 45 heavy (non-hydrogen) atoms. The van der Waals surface area contributed by atoms with Gasteiger partial charge in [-0.25, -0.2) is 0 Å². The van der Waals surface area contributed by atoms with E-state index < -0.39 is 83.5 Å². The molecule has 18 nitrogen and oxygen atoms in total. The third-order valence-corrected chi connectivity index (χ3v) is 8.14. The van der Waals surface area contributed by atoms with E-state index >= 15 is 0 Å². The van der Waals surface area contributed by atoms with Crippen LogP contribution >= 0.6 is 15.6 Å². The first kappa shape index (κ1) is 46.0. The van der Waals surface area contributed by atoms with E-state index in [4.69, 9.17) is 18.9 Å². The van der Waals surface area contributed by atoms with Crippen LogP contribution in [0.3, 0.4) is 0 Å². The zero-order valence-corrected chi connectivity index (χ0v) is 28.4. The largest absolute Gasteiger partial charge is 0.756 e. The van der Waals surface area contributed by atoms with E-state index in [0.717, 1.165) is 51.4 Å². The molecule has 1 aliphatic rings. The summed E-state index contributed by atoms with van der Waals surface area (Å²) >= 11 is 0. The van der Waals surface area contributed by atoms with Crippen molar-refractivity contribution in [1.29, 1.82) is 0 Å². The fourth-order valence-electron chi connectivity index (χ4n) is 4.30. The smallest absolute Gasteiger partial charge is 0.306 e. The summed E-state index contributed by atoms with van der Waals surface area (Å²) in [7, 11) is -11.1. The van der Waals surface area contributed by atoms with Crippen LogP contribution in [0.15, 0.2) is 0 Å². The van der Waals surface area contributed by atoms with Crippen LogP contribution in [-0.4, -0.2) is 93.2 Å². The zero-order valence-electron chi connectivity index (χ0n) is 26.6. The molecule has 0 aromatic carbocycles. The molecule has 0 bridgehead atoms. The number of hydrogen-bond acceptors (Lipinski definition) is 15. The lowest BCUT2D eigenvalue weighted by atomic mass is 9.85. The third-order valence-electron chi connectivity index (χ3n) is 6.67. The maximum absolute atomic E-state index is 12.6. The number of aliphatic hydroxyl groups excluding tert-OH is 4. The van der Waals surface area contributed by atoms with Crippen molar-refractivity contribution in [2.24, 2.45) is 0 Å². The van der Waals surface area contributed by atoms with Gasteiger partial charge in [0.15, 0.2) is 6.10 Å². The molecule has 2 unspecified atom stereocenters. The molecule has 0 aromatic rings. The molecule has 0 amide bonds. The molecule has 1 rings (SSSR count). The fraction of sp³-hybridized carbons (Fsp3) is 0.920. The molecule has 0 aliphatic heterocycles. The molecule has 270 valence electrons. The second-order valence-electron chi connectivity index (χ2n) is 10.4. The topological polar surface area (TPSA) is 335 Å². The van der Waals surface area contributed by atoms with Gasteiger partial charge in [-0.2, -0.15) is 0 Å². The third kappa shape index (κ3) is 18.7. The van der Waals surface area contributed by atoms with Crippen molar-refractivity contribution < 1.29 is 76.9 Å². The molecule has 0 saturated heterocycles. The van der Waals surface area contributed by atoms with Gasteiger partial charge in [0.1, 0.15) is 43.2 Å². The summed E-state index contributed by atoms with van der Waals surface area (Å²) in [6, 6.07) is 0. The Morgan fingerprint density at radius 2 is 1.16 bits per heavy atom. The van der Waals surface area contributed by atoms with Crippen LogP contribution in [0.4, 0.5) is 0 Å². The van der Waals surface area contributed by atoms with Crippen LogP contribution in [0, 0.1) is 0 Å². The Bertz CT molecular complexity index is 926. The number of aliphatic hydroxyl groups is 4. The van der Waals surface area contributed by atoms with Crippen molar-refractivity contribution in [3.05, 3.63) is 0 Å². The van der Waals surface area contributed by atoms with Gasteiger partial charge in [0.2, 0.25) is 0 Å². The zero-order chi connectivity index (χ0) is 32.6. The van der Waals surface area contributed by atoms with Crippen molar-refractivity contribution in [2.45, 2.75) is 134 Å². The molecule has 0 spiro atoms. The highest BCUT2D eigenvalue weighted by atomic mass is 31.2. The first-order valence-electron chi connectivity index (χ1n) is 14.5. The highest BCUT2D eigenvalue weighted by molar-refractivity contribution is 7.46. The molecule has 9 atom stereocenters. The number of esters is 2. The van der Waals surface area contributed by atoms with Crippen LogP contribution in [0.2, 0.25) is 0 Å². The van der Waals surface area contributed by atoms with Crippen molar-refractivity contribution in [3.63, 3.8) is 0 Å². The number of phosphoric acid groups is 2. The molecular formula is C25H54N2O16P2. The molecule has 1 saturated carbocycles. The van der Waals surface area contributed by atoms with E-state index in [2.05, 4.69) is 16.0 Å². The van der Waals surface area contributed by atoms with E-state index in [9.17, 15) is 48.9 Å². The van der Waals surface area contributed by atoms with E-state index in [1.165, 1.54) is 0 Å². The first-order valence-corrected chi connectivity index (χ1v) is 17.5. The lowest BCUT2D eigenvalue weighted by Crippen LogP contribution is -2.64. The number of ether oxygens (including phenoxy) is 2. The van der Waals surface area contributed by atoms with Gasteiger partial charge in [-0.15, -0.1) is 0 Å². The number of carbonyl (C=O) groups excluding carboxylic acids is 2. The predicted octanol–water partition coefficient (Wildman–Crippen LogP) is 1.09. The Morgan fingerprint density at radius 1 is 0.689 bits per heavy atom. The maximum atomic E-state index is 12.6. The Balaban J connectivity index is 0.